The number of carbonyl (C=O) groups is 2. The zero-order chi connectivity index (χ0) is 32.2. The molecule has 0 heterocycles. The van der Waals surface area contributed by atoms with Gasteiger partial charge in [-0.2, -0.15) is 0 Å². The van der Waals surface area contributed by atoms with Crippen LogP contribution in [0.4, 0.5) is 4.79 Å². The van der Waals surface area contributed by atoms with Gasteiger partial charge in [0.15, 0.2) is 6.29 Å². The second-order valence-corrected chi connectivity index (χ2v) is 13.9. The summed E-state index contributed by atoms with van der Waals surface area (Å²) < 4.78 is 15.7. The molecule has 3 aromatic carbocycles. The Bertz CT molecular complexity index is 1200. The molecule has 238 valence electrons. The van der Waals surface area contributed by atoms with Gasteiger partial charge in [-0.25, -0.2) is 4.79 Å². The van der Waals surface area contributed by atoms with E-state index in [4.69, 9.17) is 14.2 Å². The van der Waals surface area contributed by atoms with E-state index < -0.39 is 22.5 Å². The quantitative estimate of drug-likeness (QED) is 0.139. The van der Waals surface area contributed by atoms with Gasteiger partial charge in [0.05, 0.1) is 4.75 Å². The average molecular weight is 621 g/mol. The molecule has 0 aromatic heterocycles. The van der Waals surface area contributed by atoms with Crippen LogP contribution in [-0.4, -0.2) is 56.5 Å². The predicted molar refractivity (Wildman–Crippen MR) is 179 cm³/mol. The van der Waals surface area contributed by atoms with E-state index in [9.17, 15) is 9.59 Å². The van der Waals surface area contributed by atoms with E-state index in [1.807, 2.05) is 32.0 Å². The molecule has 8 heteroatoms. The van der Waals surface area contributed by atoms with Crippen LogP contribution in [0.15, 0.2) is 91.0 Å². The van der Waals surface area contributed by atoms with Crippen molar-refractivity contribution in [1.29, 1.82) is 0 Å². The molecule has 0 aliphatic heterocycles. The number of carbonyl (C=O) groups excluding carboxylic acids is 2. The molecule has 7 nitrogen and oxygen atoms in total. The van der Waals surface area contributed by atoms with Gasteiger partial charge in [-0.05, 0) is 55.1 Å². The minimum atomic E-state index is -0.797. The highest BCUT2D eigenvalue weighted by molar-refractivity contribution is 8.00. The third-order valence-corrected chi connectivity index (χ3v) is 8.84. The number of hydrogen-bond donors (Lipinski definition) is 2. The van der Waals surface area contributed by atoms with Crippen molar-refractivity contribution in [2.24, 2.45) is 5.41 Å². The second-order valence-electron chi connectivity index (χ2n) is 12.6. The summed E-state index contributed by atoms with van der Waals surface area (Å²) in [5.74, 6) is 0.311. The predicted octanol–water partition coefficient (Wildman–Crippen LogP) is 7.15. The summed E-state index contributed by atoms with van der Waals surface area (Å²) >= 11 is 1.75. The minimum absolute atomic E-state index is 0.263. The first-order valence-electron chi connectivity index (χ1n) is 15.0. The summed E-state index contributed by atoms with van der Waals surface area (Å²) in [6.45, 7) is 9.87. The van der Waals surface area contributed by atoms with Crippen molar-refractivity contribution in [2.45, 2.75) is 70.1 Å². The van der Waals surface area contributed by atoms with Gasteiger partial charge in [0.2, 0.25) is 5.91 Å². The van der Waals surface area contributed by atoms with Crippen LogP contribution in [0, 0.1) is 5.41 Å². The summed E-state index contributed by atoms with van der Waals surface area (Å²) in [7, 11) is 3.20. The second kappa shape index (κ2) is 16.1. The van der Waals surface area contributed by atoms with Crippen molar-refractivity contribution in [2.75, 3.05) is 26.5 Å². The van der Waals surface area contributed by atoms with Crippen LogP contribution in [0.1, 0.15) is 64.2 Å². The van der Waals surface area contributed by atoms with Crippen LogP contribution in [-0.2, 0) is 23.8 Å². The number of amides is 2. The lowest BCUT2D eigenvalue weighted by Crippen LogP contribution is -2.50. The molecule has 2 N–H and O–H groups in total. The van der Waals surface area contributed by atoms with Crippen molar-refractivity contribution < 1.29 is 23.8 Å². The van der Waals surface area contributed by atoms with E-state index in [2.05, 4.69) is 83.4 Å². The Hall–Kier alpha value is -3.33. The number of thioether (sulfide) groups is 1. The highest BCUT2D eigenvalue weighted by Crippen LogP contribution is 2.48. The maximum atomic E-state index is 13.6. The molecule has 3 aromatic rings. The number of rotatable bonds is 15. The molecule has 3 rings (SSSR count). The van der Waals surface area contributed by atoms with Crippen molar-refractivity contribution >= 4 is 23.8 Å². The van der Waals surface area contributed by atoms with Crippen LogP contribution >= 0.6 is 11.8 Å². The first-order valence-corrected chi connectivity index (χ1v) is 16.0. The molecule has 0 saturated heterocycles. The molecule has 0 unspecified atom stereocenters. The first kappa shape index (κ1) is 35.2. The Labute approximate surface area is 267 Å². The summed E-state index contributed by atoms with van der Waals surface area (Å²) in [6, 6.07) is 30.4. The number of hydrogen-bond acceptors (Lipinski definition) is 6. The van der Waals surface area contributed by atoms with E-state index in [0.29, 0.717) is 25.1 Å². The van der Waals surface area contributed by atoms with Gasteiger partial charge in [-0.15, -0.1) is 11.8 Å². The van der Waals surface area contributed by atoms with Gasteiger partial charge < -0.3 is 24.8 Å². The van der Waals surface area contributed by atoms with Crippen LogP contribution in [0.3, 0.4) is 0 Å². The molecule has 44 heavy (non-hydrogen) atoms. The van der Waals surface area contributed by atoms with Gasteiger partial charge in [-0.1, -0.05) is 105 Å². The first-order chi connectivity index (χ1) is 20.9. The average Bonchev–Trinajstić information content (AvgIpc) is 3.01. The van der Waals surface area contributed by atoms with Crippen LogP contribution in [0.25, 0.3) is 0 Å². The molecular formula is C36H48N2O5S. The lowest BCUT2D eigenvalue weighted by molar-refractivity contribution is -0.128. The molecule has 0 fully saturated rings. The Kier molecular flexibility index (Phi) is 12.9. The smallest absolute Gasteiger partial charge is 0.408 e. The molecule has 1 atom stereocenters. The molecule has 0 saturated carbocycles. The highest BCUT2D eigenvalue weighted by Gasteiger charge is 2.37. The molecule has 2 amide bonds. The summed E-state index contributed by atoms with van der Waals surface area (Å²) in [6.07, 6.45) is -0.0192. The van der Waals surface area contributed by atoms with Gasteiger partial charge in [0.25, 0.3) is 0 Å². The van der Waals surface area contributed by atoms with Crippen LogP contribution in [0.5, 0.6) is 0 Å². The fourth-order valence-electron chi connectivity index (χ4n) is 5.05. The Balaban J connectivity index is 1.89. The number of methoxy groups -OCH3 is 2. The summed E-state index contributed by atoms with van der Waals surface area (Å²) in [5.41, 5.74) is 2.41. The van der Waals surface area contributed by atoms with Gasteiger partial charge >= 0.3 is 6.09 Å². The maximum Gasteiger partial charge on any atom is 0.408 e. The van der Waals surface area contributed by atoms with Crippen molar-refractivity contribution in [3.05, 3.63) is 108 Å². The minimum Gasteiger partial charge on any atom is -0.444 e. The monoisotopic (exact) mass is 620 g/mol. The van der Waals surface area contributed by atoms with Crippen LogP contribution < -0.4 is 10.6 Å². The Morgan fingerprint density at radius 3 is 1.61 bits per heavy atom. The van der Waals surface area contributed by atoms with Crippen LogP contribution in [0.2, 0.25) is 0 Å². The maximum absolute atomic E-state index is 13.6. The van der Waals surface area contributed by atoms with Gasteiger partial charge in [0.1, 0.15) is 11.6 Å². The van der Waals surface area contributed by atoms with E-state index in [1.54, 1.807) is 46.8 Å². The number of alkyl carbamates (subject to hydrolysis) is 1. The van der Waals surface area contributed by atoms with E-state index >= 15 is 0 Å². The van der Waals surface area contributed by atoms with E-state index in [-0.39, 0.29) is 17.6 Å². The molecule has 0 spiro atoms. The zero-order valence-corrected chi connectivity index (χ0v) is 27.9. The highest BCUT2D eigenvalue weighted by atomic mass is 32.2. The van der Waals surface area contributed by atoms with E-state index in [0.717, 1.165) is 16.7 Å². The van der Waals surface area contributed by atoms with Crippen molar-refractivity contribution in [1.82, 2.24) is 10.6 Å². The topological polar surface area (TPSA) is 85.9 Å². The fourth-order valence-corrected chi connectivity index (χ4v) is 6.62. The SMILES string of the molecule is COC(CC(C)(C)CNC(=O)[C@H](CCSC(c1ccccc1)(c1ccccc1)c1ccccc1)NC(=O)OC(C)(C)C)OC. The molecule has 0 radical (unpaired) electrons. The third-order valence-electron chi connectivity index (χ3n) is 7.26. The number of ether oxygens (including phenoxy) is 3. The molecule has 0 bridgehead atoms. The lowest BCUT2D eigenvalue weighted by atomic mass is 9.84. The number of nitrogens with one attached hydrogen (secondary N) is 2. The molecular weight excluding hydrogens is 572 g/mol. The Morgan fingerprint density at radius 1 is 0.750 bits per heavy atom. The zero-order valence-electron chi connectivity index (χ0n) is 27.1. The molecule has 0 aliphatic rings. The van der Waals surface area contributed by atoms with E-state index in [1.165, 1.54) is 0 Å². The summed E-state index contributed by atoms with van der Waals surface area (Å²) in [4.78, 5) is 26.5. The number of benzene rings is 3. The van der Waals surface area contributed by atoms with Crippen molar-refractivity contribution in [3.63, 3.8) is 0 Å². The van der Waals surface area contributed by atoms with Crippen molar-refractivity contribution in [3.8, 4) is 0 Å². The van der Waals surface area contributed by atoms with Gasteiger partial charge in [-0.3, -0.25) is 4.79 Å². The Morgan fingerprint density at radius 2 is 1.20 bits per heavy atom. The fraction of sp³-hybridized carbons (Fsp3) is 0.444. The standard InChI is InChI=1S/C36H48N2O5S/c1-34(2,3)43-33(40)38-30(32(39)37-26-35(4,5)25-31(41-6)42-7)23-24-44-36(27-17-11-8-12-18-27,28-19-13-9-14-20-28)29-21-15-10-16-22-29/h8-22,30-31H,23-26H2,1-7H3,(H,37,39)(H,38,40)/t30-/m0/s1. The molecule has 0 aliphatic carbocycles. The largest absolute Gasteiger partial charge is 0.444 e. The lowest BCUT2D eigenvalue weighted by Gasteiger charge is -2.36. The summed E-state index contributed by atoms with van der Waals surface area (Å²) in [5, 5.41) is 5.90. The normalized spacial score (nSPS) is 12.9. The third kappa shape index (κ3) is 10.1. The van der Waals surface area contributed by atoms with Gasteiger partial charge in [0, 0.05) is 27.2 Å².